The van der Waals surface area contributed by atoms with E-state index in [1.807, 2.05) is 52.7 Å². The van der Waals surface area contributed by atoms with Crippen molar-refractivity contribution in [3.05, 3.63) is 65.3 Å². The van der Waals surface area contributed by atoms with Crippen molar-refractivity contribution in [1.82, 2.24) is 19.1 Å². The molecule has 0 spiro atoms. The first kappa shape index (κ1) is 22.3. The van der Waals surface area contributed by atoms with E-state index in [9.17, 15) is 5.26 Å². The van der Waals surface area contributed by atoms with Crippen LogP contribution in [0.25, 0.3) is 28.0 Å². The molecule has 0 bridgehead atoms. The van der Waals surface area contributed by atoms with Crippen molar-refractivity contribution in [3.63, 3.8) is 0 Å². The molecule has 8 heteroatoms. The van der Waals surface area contributed by atoms with Crippen molar-refractivity contribution in [2.45, 2.75) is 39.3 Å². The maximum absolute atomic E-state index is 9.75. The fraction of sp³-hybridized carbons (Fsp3) is 0.292. The first-order valence-electron chi connectivity index (χ1n) is 10.5. The number of fused-ring (bicyclic) bond motifs is 1. The van der Waals surface area contributed by atoms with E-state index in [4.69, 9.17) is 16.3 Å². The van der Waals surface area contributed by atoms with E-state index in [2.05, 4.69) is 35.7 Å². The quantitative estimate of drug-likeness (QED) is 0.247. The average Bonchev–Trinajstić information content (AvgIpc) is 3.36. The maximum Gasteiger partial charge on any atom is 0.149 e. The SMILES string of the molecule is Cc1ccc(Cl)cc1-c1cn(-c2ncnc3c2ccn3COCC[Si](C)(C)C)cc1C#N. The Morgan fingerprint density at radius 3 is 2.69 bits per heavy atom. The van der Waals surface area contributed by atoms with Gasteiger partial charge in [-0.25, -0.2) is 9.97 Å². The van der Waals surface area contributed by atoms with Gasteiger partial charge in [0.2, 0.25) is 0 Å². The zero-order valence-corrected chi connectivity index (χ0v) is 20.5. The summed E-state index contributed by atoms with van der Waals surface area (Å²) in [6, 6.07) is 11.1. The normalized spacial score (nSPS) is 11.8. The lowest BCUT2D eigenvalue weighted by atomic mass is 10.0. The van der Waals surface area contributed by atoms with Gasteiger partial charge in [0.05, 0.1) is 10.9 Å². The molecule has 0 aliphatic heterocycles. The number of ether oxygens (including phenoxy) is 1. The van der Waals surface area contributed by atoms with Crippen LogP contribution >= 0.6 is 11.6 Å². The van der Waals surface area contributed by atoms with Crippen LogP contribution in [-0.2, 0) is 11.5 Å². The topological polar surface area (TPSA) is 68.7 Å². The number of aryl methyl sites for hydroxylation is 1. The first-order chi connectivity index (χ1) is 15.3. The van der Waals surface area contributed by atoms with E-state index >= 15 is 0 Å². The molecule has 3 aromatic heterocycles. The molecule has 3 heterocycles. The molecule has 0 unspecified atom stereocenters. The van der Waals surface area contributed by atoms with Crippen LogP contribution in [0.5, 0.6) is 0 Å². The molecule has 0 saturated heterocycles. The van der Waals surface area contributed by atoms with Gasteiger partial charge >= 0.3 is 0 Å². The fourth-order valence-corrected chi connectivity index (χ4v) is 4.54. The Labute approximate surface area is 194 Å². The number of halogens is 1. The molecule has 0 N–H and O–H groups in total. The van der Waals surface area contributed by atoms with Gasteiger partial charge in [-0.3, -0.25) is 0 Å². The molecule has 0 amide bonds. The summed E-state index contributed by atoms with van der Waals surface area (Å²) in [6.07, 6.45) is 7.25. The second-order valence-electron chi connectivity index (χ2n) is 9.13. The van der Waals surface area contributed by atoms with E-state index in [-0.39, 0.29) is 0 Å². The highest BCUT2D eigenvalue weighted by Gasteiger charge is 2.16. The largest absolute Gasteiger partial charge is 0.361 e. The molecule has 1 aromatic carbocycles. The van der Waals surface area contributed by atoms with Gasteiger partial charge in [-0.05, 0) is 42.3 Å². The third kappa shape index (κ3) is 4.63. The third-order valence-electron chi connectivity index (χ3n) is 5.44. The van der Waals surface area contributed by atoms with Crippen molar-refractivity contribution in [2.75, 3.05) is 6.61 Å². The lowest BCUT2D eigenvalue weighted by Crippen LogP contribution is -2.22. The van der Waals surface area contributed by atoms with Gasteiger partial charge in [0.25, 0.3) is 0 Å². The van der Waals surface area contributed by atoms with Crippen LogP contribution < -0.4 is 0 Å². The molecule has 164 valence electrons. The van der Waals surface area contributed by atoms with Gasteiger partial charge in [0.15, 0.2) is 0 Å². The Balaban J connectivity index is 1.68. The summed E-state index contributed by atoms with van der Waals surface area (Å²) < 4.78 is 9.78. The van der Waals surface area contributed by atoms with E-state index in [1.165, 1.54) is 0 Å². The highest BCUT2D eigenvalue weighted by Crippen LogP contribution is 2.32. The molecule has 0 radical (unpaired) electrons. The van der Waals surface area contributed by atoms with Crippen LogP contribution in [0.3, 0.4) is 0 Å². The van der Waals surface area contributed by atoms with Gasteiger partial charge in [-0.2, -0.15) is 5.26 Å². The molecule has 32 heavy (non-hydrogen) atoms. The van der Waals surface area contributed by atoms with Gasteiger partial charge in [-0.15, -0.1) is 0 Å². The van der Waals surface area contributed by atoms with Crippen LogP contribution in [0.1, 0.15) is 11.1 Å². The fourth-order valence-electron chi connectivity index (χ4n) is 3.61. The zero-order valence-electron chi connectivity index (χ0n) is 18.8. The van der Waals surface area contributed by atoms with Gasteiger partial charge in [-0.1, -0.05) is 37.3 Å². The lowest BCUT2D eigenvalue weighted by molar-refractivity contribution is 0.0899. The second-order valence-corrected chi connectivity index (χ2v) is 15.2. The number of nitrogens with zero attached hydrogens (tertiary/aromatic N) is 5. The van der Waals surface area contributed by atoms with E-state index in [1.54, 1.807) is 12.5 Å². The Hall–Kier alpha value is -2.92. The highest BCUT2D eigenvalue weighted by atomic mass is 35.5. The Morgan fingerprint density at radius 1 is 1.12 bits per heavy atom. The molecular formula is C24H26ClN5OSi. The molecular weight excluding hydrogens is 438 g/mol. The minimum Gasteiger partial charge on any atom is -0.361 e. The summed E-state index contributed by atoms with van der Waals surface area (Å²) in [5.74, 6) is 0.721. The van der Waals surface area contributed by atoms with E-state index < -0.39 is 8.07 Å². The zero-order chi connectivity index (χ0) is 22.9. The standard InChI is InChI=1S/C24H26ClN5OSi/c1-17-5-6-19(25)11-21(17)22-14-30(13-18(22)12-26)24-20-7-8-29(23(20)27-15-28-24)16-31-9-10-32(2,3)4/h5-8,11,13-15H,9-10,16H2,1-4H3. The number of benzene rings is 1. The predicted molar refractivity (Wildman–Crippen MR) is 131 cm³/mol. The summed E-state index contributed by atoms with van der Waals surface area (Å²) in [4.78, 5) is 8.98. The summed E-state index contributed by atoms with van der Waals surface area (Å²) in [5.41, 5.74) is 4.19. The van der Waals surface area contributed by atoms with Gasteiger partial charge < -0.3 is 13.9 Å². The first-order valence-corrected chi connectivity index (χ1v) is 14.6. The van der Waals surface area contributed by atoms with Gasteiger partial charge in [0.1, 0.15) is 30.6 Å². The maximum atomic E-state index is 9.75. The van der Waals surface area contributed by atoms with Crippen LogP contribution in [0.4, 0.5) is 0 Å². The Morgan fingerprint density at radius 2 is 1.94 bits per heavy atom. The van der Waals surface area contributed by atoms with Crippen LogP contribution in [0, 0.1) is 18.3 Å². The molecule has 4 rings (SSSR count). The van der Waals surface area contributed by atoms with Crippen LogP contribution in [0.15, 0.2) is 49.2 Å². The number of rotatable bonds is 7. The predicted octanol–water partition coefficient (Wildman–Crippen LogP) is 6.03. The smallest absolute Gasteiger partial charge is 0.149 e. The average molecular weight is 464 g/mol. The molecule has 4 aromatic rings. The summed E-state index contributed by atoms with van der Waals surface area (Å²) in [5, 5.41) is 11.3. The molecule has 0 atom stereocenters. The molecule has 0 fully saturated rings. The van der Waals surface area contributed by atoms with Crippen molar-refractivity contribution in [1.29, 1.82) is 5.26 Å². The van der Waals surface area contributed by atoms with Gasteiger partial charge in [0, 0.05) is 43.9 Å². The molecule has 6 nitrogen and oxygen atoms in total. The second kappa shape index (κ2) is 8.91. The molecule has 0 aliphatic rings. The number of nitriles is 1. The summed E-state index contributed by atoms with van der Waals surface area (Å²) >= 11 is 6.22. The number of hydrogen-bond donors (Lipinski definition) is 0. The third-order valence-corrected chi connectivity index (χ3v) is 7.38. The van der Waals surface area contributed by atoms with Crippen molar-refractivity contribution < 1.29 is 4.74 Å². The summed E-state index contributed by atoms with van der Waals surface area (Å²) in [6.45, 7) is 10.2. The monoisotopic (exact) mass is 463 g/mol. The lowest BCUT2D eigenvalue weighted by Gasteiger charge is -2.15. The number of hydrogen-bond acceptors (Lipinski definition) is 4. The van der Waals surface area contributed by atoms with Crippen molar-refractivity contribution in [2.24, 2.45) is 0 Å². The minimum absolute atomic E-state index is 0.451. The highest BCUT2D eigenvalue weighted by molar-refractivity contribution is 6.76. The van der Waals surface area contributed by atoms with E-state index in [0.29, 0.717) is 17.3 Å². The Bertz CT molecular complexity index is 1310. The molecule has 0 saturated carbocycles. The van der Waals surface area contributed by atoms with Crippen molar-refractivity contribution in [3.8, 4) is 23.0 Å². The summed E-state index contributed by atoms with van der Waals surface area (Å²) in [7, 11) is -1.13. The molecule has 0 aliphatic carbocycles. The Kier molecular flexibility index (Phi) is 6.20. The van der Waals surface area contributed by atoms with Crippen LogP contribution in [-0.4, -0.2) is 33.8 Å². The van der Waals surface area contributed by atoms with Crippen LogP contribution in [0.2, 0.25) is 30.7 Å². The van der Waals surface area contributed by atoms with Crippen molar-refractivity contribution >= 4 is 30.7 Å². The minimum atomic E-state index is -1.13. The van der Waals surface area contributed by atoms with E-state index in [0.717, 1.165) is 46.2 Å². The number of aromatic nitrogens is 4.